The smallest absolute Gasteiger partial charge is 0.435 e. The molecule has 2 aromatic heterocycles. The number of halogens is 1. The Morgan fingerprint density at radius 1 is 0.942 bits per heavy atom. The fourth-order valence-corrected chi connectivity index (χ4v) is 5.50. The molecule has 17 heteroatoms. The number of carbonyl (C=O) groups excluding carboxylic acids is 3. The zero-order valence-corrected chi connectivity index (χ0v) is 29.3. The Kier molecular flexibility index (Phi) is 12.8. The highest BCUT2D eigenvalue weighted by atomic mass is 35.5. The van der Waals surface area contributed by atoms with Crippen LogP contribution < -0.4 is 0 Å². The normalized spacial score (nSPS) is 11.8. The highest BCUT2D eigenvalue weighted by Crippen LogP contribution is 2.31. The second kappa shape index (κ2) is 17.6. The molecule has 0 aliphatic heterocycles. The minimum absolute atomic E-state index is 0.0227. The summed E-state index contributed by atoms with van der Waals surface area (Å²) in [5.41, 5.74) is 3.87. The van der Waals surface area contributed by atoms with Crippen molar-refractivity contribution in [3.63, 3.8) is 0 Å². The van der Waals surface area contributed by atoms with Crippen LogP contribution in [0.15, 0.2) is 72.8 Å². The van der Waals surface area contributed by atoms with Crippen LogP contribution in [0.1, 0.15) is 71.4 Å². The number of aromatic nitrogens is 6. The fourth-order valence-electron chi connectivity index (χ4n) is 5.23. The van der Waals surface area contributed by atoms with Crippen molar-refractivity contribution in [1.29, 1.82) is 0 Å². The van der Waals surface area contributed by atoms with Gasteiger partial charge in [-0.05, 0) is 52.9 Å². The van der Waals surface area contributed by atoms with Crippen LogP contribution in [0.2, 0.25) is 5.15 Å². The van der Waals surface area contributed by atoms with E-state index in [-0.39, 0.29) is 42.0 Å². The van der Waals surface area contributed by atoms with E-state index in [2.05, 4.69) is 25.2 Å². The number of ether oxygens (including phenoxy) is 3. The number of imidazole rings is 1. The lowest BCUT2D eigenvalue weighted by atomic mass is 9.98. The highest BCUT2D eigenvalue weighted by Gasteiger charge is 2.26. The van der Waals surface area contributed by atoms with E-state index >= 15 is 0 Å². The molecule has 0 amide bonds. The first-order valence-electron chi connectivity index (χ1n) is 16.3. The molecular formula is C35H36ClN7O9. The predicted octanol–water partition coefficient (Wildman–Crippen LogP) is 6.12. The molecule has 5 rings (SSSR count). The summed E-state index contributed by atoms with van der Waals surface area (Å²) >= 11 is 6.47. The van der Waals surface area contributed by atoms with Gasteiger partial charge in [-0.1, -0.05) is 90.4 Å². The second-order valence-corrected chi connectivity index (χ2v) is 11.7. The van der Waals surface area contributed by atoms with Gasteiger partial charge in [-0.15, -0.1) is 10.2 Å². The van der Waals surface area contributed by atoms with E-state index in [9.17, 15) is 14.4 Å². The van der Waals surface area contributed by atoms with Crippen LogP contribution in [0.25, 0.3) is 22.5 Å². The first kappa shape index (κ1) is 37.7. The average molecular weight is 734 g/mol. The molecule has 0 saturated carbocycles. The van der Waals surface area contributed by atoms with Gasteiger partial charge in [0.2, 0.25) is 12.1 Å². The lowest BCUT2D eigenvalue weighted by molar-refractivity contribution is -0.497. The molecule has 0 radical (unpaired) electrons. The van der Waals surface area contributed by atoms with Crippen molar-refractivity contribution in [1.82, 2.24) is 35.1 Å². The van der Waals surface area contributed by atoms with Crippen molar-refractivity contribution in [2.45, 2.75) is 59.5 Å². The van der Waals surface area contributed by atoms with Crippen molar-refractivity contribution >= 4 is 29.6 Å². The SMILES string of the molecule is CCCCc1nc(Cl)c(C(=O)OC(C)OC(=O)OCC)n1Cc1ccc(-c2ccccc2-c2nnn(C(=O)c3cccc(CON(O)O)c3)n2)cc1. The van der Waals surface area contributed by atoms with Crippen LogP contribution in [-0.2, 0) is 38.6 Å². The Hall–Kier alpha value is -5.52. The van der Waals surface area contributed by atoms with Gasteiger partial charge in [0.25, 0.3) is 5.91 Å². The van der Waals surface area contributed by atoms with Crippen molar-refractivity contribution in [2.24, 2.45) is 0 Å². The number of tetrazole rings is 1. The third-order valence-electron chi connectivity index (χ3n) is 7.64. The van der Waals surface area contributed by atoms with Crippen LogP contribution >= 0.6 is 11.6 Å². The van der Waals surface area contributed by atoms with Crippen LogP contribution in [0.3, 0.4) is 0 Å². The average Bonchev–Trinajstić information content (AvgIpc) is 3.74. The van der Waals surface area contributed by atoms with Crippen LogP contribution in [-0.4, -0.2) is 76.5 Å². The van der Waals surface area contributed by atoms with Crippen LogP contribution in [0.5, 0.6) is 0 Å². The maximum Gasteiger partial charge on any atom is 0.511 e. The van der Waals surface area contributed by atoms with E-state index in [1.54, 1.807) is 29.7 Å². The number of nitrogens with zero attached hydrogens (tertiary/aromatic N) is 7. The van der Waals surface area contributed by atoms with Gasteiger partial charge >= 0.3 is 12.1 Å². The lowest BCUT2D eigenvalue weighted by Crippen LogP contribution is -2.24. The number of hydrogen-bond acceptors (Lipinski definition) is 14. The molecular weight excluding hydrogens is 698 g/mol. The molecule has 1 atom stereocenters. The molecule has 16 nitrogen and oxygen atoms in total. The van der Waals surface area contributed by atoms with Gasteiger partial charge in [-0.25, -0.2) is 19.4 Å². The summed E-state index contributed by atoms with van der Waals surface area (Å²) in [6.45, 7) is 5.24. The summed E-state index contributed by atoms with van der Waals surface area (Å²) in [4.78, 5) is 48.1. The van der Waals surface area contributed by atoms with E-state index in [0.29, 0.717) is 23.4 Å². The van der Waals surface area contributed by atoms with E-state index in [4.69, 9.17) is 36.2 Å². The number of carbonyl (C=O) groups is 3. The highest BCUT2D eigenvalue weighted by molar-refractivity contribution is 6.32. The topological polar surface area (TPSA) is 193 Å². The van der Waals surface area contributed by atoms with Gasteiger partial charge < -0.3 is 18.8 Å². The number of benzene rings is 3. The lowest BCUT2D eigenvalue weighted by Gasteiger charge is -2.16. The zero-order chi connectivity index (χ0) is 37.2. The monoisotopic (exact) mass is 733 g/mol. The maximum absolute atomic E-state index is 13.3. The van der Waals surface area contributed by atoms with Gasteiger partial charge in [-0.2, -0.15) is 0 Å². The zero-order valence-electron chi connectivity index (χ0n) is 28.5. The minimum atomic E-state index is -1.23. The van der Waals surface area contributed by atoms with Crippen molar-refractivity contribution in [3.05, 3.63) is 106 Å². The summed E-state index contributed by atoms with van der Waals surface area (Å²) in [5, 5.41) is 29.7. The van der Waals surface area contributed by atoms with Gasteiger partial charge in [0, 0.05) is 31.0 Å². The minimum Gasteiger partial charge on any atom is -0.435 e. The van der Waals surface area contributed by atoms with E-state index < -0.39 is 29.7 Å². The Morgan fingerprint density at radius 2 is 1.69 bits per heavy atom. The Balaban J connectivity index is 1.36. The molecule has 52 heavy (non-hydrogen) atoms. The van der Waals surface area contributed by atoms with E-state index in [0.717, 1.165) is 34.3 Å². The number of unbranched alkanes of at least 4 members (excludes halogenated alkanes) is 1. The van der Waals surface area contributed by atoms with Crippen molar-refractivity contribution in [2.75, 3.05) is 6.61 Å². The maximum atomic E-state index is 13.3. The first-order valence-corrected chi connectivity index (χ1v) is 16.7. The van der Waals surface area contributed by atoms with Gasteiger partial charge in [0.1, 0.15) is 5.82 Å². The van der Waals surface area contributed by atoms with Gasteiger partial charge in [-0.3, -0.25) is 15.2 Å². The summed E-state index contributed by atoms with van der Waals surface area (Å²) in [6.07, 6.45) is 0.108. The molecule has 0 aliphatic carbocycles. The Labute approximate surface area is 302 Å². The third-order valence-corrected chi connectivity index (χ3v) is 7.90. The molecule has 2 heterocycles. The van der Waals surface area contributed by atoms with Crippen LogP contribution in [0, 0.1) is 0 Å². The summed E-state index contributed by atoms with van der Waals surface area (Å²) in [7, 11) is 0. The molecule has 3 aromatic carbocycles. The molecule has 0 bridgehead atoms. The predicted molar refractivity (Wildman–Crippen MR) is 183 cm³/mol. The summed E-state index contributed by atoms with van der Waals surface area (Å²) < 4.78 is 16.8. The fraction of sp³-hybridized carbons (Fsp3) is 0.286. The largest absolute Gasteiger partial charge is 0.511 e. The van der Waals surface area contributed by atoms with Crippen LogP contribution in [0.4, 0.5) is 4.79 Å². The third kappa shape index (κ3) is 9.42. The summed E-state index contributed by atoms with van der Waals surface area (Å²) in [6, 6.07) is 21.4. The quantitative estimate of drug-likeness (QED) is 0.0709. The molecule has 0 aliphatic rings. The molecule has 0 spiro atoms. The Bertz CT molecular complexity index is 2010. The number of aryl methyl sites for hydroxylation is 1. The molecule has 2 N–H and O–H groups in total. The van der Waals surface area contributed by atoms with Crippen molar-refractivity contribution in [3.8, 4) is 22.5 Å². The summed E-state index contributed by atoms with van der Waals surface area (Å²) in [5.74, 6) is -0.517. The molecule has 0 fully saturated rings. The van der Waals surface area contributed by atoms with E-state index in [1.807, 2.05) is 55.5 Å². The number of esters is 1. The number of hydrogen-bond donors (Lipinski definition) is 2. The van der Waals surface area contributed by atoms with Crippen molar-refractivity contribution < 1.29 is 43.8 Å². The molecule has 0 saturated heterocycles. The van der Waals surface area contributed by atoms with Gasteiger partial charge in [0.15, 0.2) is 10.8 Å². The standard InChI is InChI=1S/C35H36ClN7O9/c1-4-6-14-29-37-31(36)30(34(45)51-22(3)52-35(46)49-5-2)41(29)20-23-15-17-25(18-16-23)27-12-7-8-13-28(27)32-38-40-42(39-32)33(44)26-11-9-10-24(19-26)21-50-43(47)48/h7-13,15-19,22,47-48H,4-6,14,20-21H2,1-3H3. The molecule has 272 valence electrons. The molecule has 5 aromatic rings. The van der Waals surface area contributed by atoms with Gasteiger partial charge in [0.05, 0.1) is 18.6 Å². The second-order valence-electron chi connectivity index (χ2n) is 11.3. The molecule has 1 unspecified atom stereocenters. The Morgan fingerprint density at radius 3 is 2.40 bits per heavy atom. The number of rotatable bonds is 15. The van der Waals surface area contributed by atoms with E-state index in [1.165, 1.54) is 13.0 Å². The first-order chi connectivity index (χ1) is 25.1.